The molecule has 0 atom stereocenters. The lowest BCUT2D eigenvalue weighted by Crippen LogP contribution is -1.95. The summed E-state index contributed by atoms with van der Waals surface area (Å²) in [6.45, 7) is 4.73. The predicted octanol–water partition coefficient (Wildman–Crippen LogP) is 4.49. The zero-order valence-electron chi connectivity index (χ0n) is 11.0. The Balaban J connectivity index is 1.76. The molecule has 0 bridgehead atoms. The lowest BCUT2D eigenvalue weighted by atomic mass is 10.1. The topological polar surface area (TPSA) is 22.1 Å². The Morgan fingerprint density at radius 2 is 1.89 bits per heavy atom. The molecular formula is C16H15NOS. The average molecular weight is 269 g/mol. The number of nitrogens with zero attached hydrogens (tertiary/aromatic N) is 1. The molecule has 0 fully saturated rings. The van der Waals surface area contributed by atoms with Crippen LogP contribution in [0.15, 0.2) is 42.5 Å². The van der Waals surface area contributed by atoms with Crippen molar-refractivity contribution in [2.45, 2.75) is 20.5 Å². The van der Waals surface area contributed by atoms with Crippen molar-refractivity contribution in [2.24, 2.45) is 0 Å². The molecule has 96 valence electrons. The number of hydrogen-bond donors (Lipinski definition) is 0. The lowest BCUT2D eigenvalue weighted by molar-refractivity contribution is 0.305. The molecule has 0 unspecified atom stereocenters. The fourth-order valence-corrected chi connectivity index (χ4v) is 2.81. The van der Waals surface area contributed by atoms with Crippen molar-refractivity contribution in [3.8, 4) is 5.75 Å². The summed E-state index contributed by atoms with van der Waals surface area (Å²) in [5.41, 5.74) is 3.58. The Kier molecular flexibility index (Phi) is 3.22. The third-order valence-corrected chi connectivity index (χ3v) is 4.19. The van der Waals surface area contributed by atoms with Crippen LogP contribution < -0.4 is 4.74 Å². The largest absolute Gasteiger partial charge is 0.486 e. The van der Waals surface area contributed by atoms with E-state index in [9.17, 15) is 0 Å². The summed E-state index contributed by atoms with van der Waals surface area (Å²) in [4.78, 5) is 4.56. The van der Waals surface area contributed by atoms with Crippen LogP contribution in [0.5, 0.6) is 5.75 Å². The van der Waals surface area contributed by atoms with Crippen molar-refractivity contribution in [1.82, 2.24) is 4.98 Å². The molecular weight excluding hydrogens is 254 g/mol. The Morgan fingerprint density at radius 1 is 1.05 bits per heavy atom. The van der Waals surface area contributed by atoms with Gasteiger partial charge in [0.2, 0.25) is 0 Å². The highest BCUT2D eigenvalue weighted by Gasteiger charge is 2.04. The molecule has 0 aliphatic carbocycles. The molecule has 0 N–H and O–H groups in total. The number of fused-ring (bicyclic) bond motifs is 1. The quantitative estimate of drug-likeness (QED) is 0.698. The van der Waals surface area contributed by atoms with Crippen molar-refractivity contribution < 1.29 is 4.74 Å². The first-order chi connectivity index (χ1) is 9.22. The van der Waals surface area contributed by atoms with Crippen molar-refractivity contribution >= 4 is 21.6 Å². The van der Waals surface area contributed by atoms with E-state index in [4.69, 9.17) is 4.74 Å². The highest BCUT2D eigenvalue weighted by atomic mass is 32.1. The first-order valence-corrected chi connectivity index (χ1v) is 7.08. The molecule has 1 aromatic heterocycles. The zero-order chi connectivity index (χ0) is 13.2. The van der Waals surface area contributed by atoms with Crippen LogP contribution in [0.25, 0.3) is 10.2 Å². The first-order valence-electron chi connectivity index (χ1n) is 6.27. The number of aromatic nitrogens is 1. The monoisotopic (exact) mass is 269 g/mol. The Bertz CT molecular complexity index is 685. The number of thiazole rings is 1. The summed E-state index contributed by atoms with van der Waals surface area (Å²) in [6.07, 6.45) is 0. The number of aryl methyl sites for hydroxylation is 2. The maximum Gasteiger partial charge on any atom is 0.140 e. The summed E-state index contributed by atoms with van der Waals surface area (Å²) < 4.78 is 7.01. The van der Waals surface area contributed by atoms with Gasteiger partial charge in [-0.25, -0.2) is 4.98 Å². The molecule has 0 amide bonds. The summed E-state index contributed by atoms with van der Waals surface area (Å²) in [5, 5.41) is 1.01. The van der Waals surface area contributed by atoms with E-state index in [2.05, 4.69) is 37.0 Å². The molecule has 0 radical (unpaired) electrons. The van der Waals surface area contributed by atoms with Gasteiger partial charge in [-0.15, -0.1) is 11.3 Å². The zero-order valence-corrected chi connectivity index (χ0v) is 11.8. The van der Waals surface area contributed by atoms with Gasteiger partial charge < -0.3 is 4.74 Å². The van der Waals surface area contributed by atoms with E-state index in [0.717, 1.165) is 16.3 Å². The molecule has 0 aliphatic heterocycles. The van der Waals surface area contributed by atoms with Gasteiger partial charge in [-0.3, -0.25) is 0 Å². The molecule has 3 aromatic rings. The molecule has 0 saturated heterocycles. The van der Waals surface area contributed by atoms with Gasteiger partial charge in [-0.05, 0) is 49.2 Å². The number of ether oxygens (including phenoxy) is 1. The third kappa shape index (κ3) is 2.61. The van der Waals surface area contributed by atoms with Crippen LogP contribution in [-0.2, 0) is 6.61 Å². The highest BCUT2D eigenvalue weighted by Crippen LogP contribution is 2.23. The second kappa shape index (κ2) is 5.02. The number of rotatable bonds is 3. The Labute approximate surface area is 116 Å². The van der Waals surface area contributed by atoms with E-state index in [1.165, 1.54) is 15.8 Å². The van der Waals surface area contributed by atoms with Crippen LogP contribution in [0, 0.1) is 13.8 Å². The molecule has 3 rings (SSSR count). The van der Waals surface area contributed by atoms with Crippen LogP contribution in [0.3, 0.4) is 0 Å². The molecule has 1 heterocycles. The van der Waals surface area contributed by atoms with Crippen molar-refractivity contribution in [1.29, 1.82) is 0 Å². The van der Waals surface area contributed by atoms with E-state index >= 15 is 0 Å². The standard InChI is InChI=1S/C16H15NOS/c1-11-7-8-13(9-12(11)2)18-10-16-17-14-5-3-4-6-15(14)19-16/h3-9H,10H2,1-2H3. The van der Waals surface area contributed by atoms with Crippen LogP contribution >= 0.6 is 11.3 Å². The highest BCUT2D eigenvalue weighted by molar-refractivity contribution is 7.18. The lowest BCUT2D eigenvalue weighted by Gasteiger charge is -2.06. The van der Waals surface area contributed by atoms with E-state index in [-0.39, 0.29) is 0 Å². The molecule has 0 spiro atoms. The molecule has 0 saturated carbocycles. The van der Waals surface area contributed by atoms with Crippen molar-refractivity contribution in [3.05, 3.63) is 58.6 Å². The molecule has 0 aliphatic rings. The summed E-state index contributed by atoms with van der Waals surface area (Å²) >= 11 is 1.69. The first kappa shape index (κ1) is 12.2. The predicted molar refractivity (Wildman–Crippen MR) is 79.9 cm³/mol. The maximum absolute atomic E-state index is 5.81. The molecule has 2 nitrogen and oxygen atoms in total. The van der Waals surface area contributed by atoms with Crippen LogP contribution in [0.1, 0.15) is 16.1 Å². The smallest absolute Gasteiger partial charge is 0.140 e. The fourth-order valence-electron chi connectivity index (χ4n) is 1.93. The van der Waals surface area contributed by atoms with Crippen LogP contribution in [-0.4, -0.2) is 4.98 Å². The maximum atomic E-state index is 5.81. The van der Waals surface area contributed by atoms with Crippen LogP contribution in [0.4, 0.5) is 0 Å². The summed E-state index contributed by atoms with van der Waals surface area (Å²) in [6, 6.07) is 14.3. The summed E-state index contributed by atoms with van der Waals surface area (Å²) in [7, 11) is 0. The normalized spacial score (nSPS) is 10.8. The van der Waals surface area contributed by atoms with E-state index in [1.807, 2.05) is 24.3 Å². The number of para-hydroxylation sites is 1. The molecule has 2 aromatic carbocycles. The van der Waals surface area contributed by atoms with E-state index in [1.54, 1.807) is 11.3 Å². The van der Waals surface area contributed by atoms with Crippen LogP contribution in [0.2, 0.25) is 0 Å². The van der Waals surface area contributed by atoms with Gasteiger partial charge in [0.15, 0.2) is 0 Å². The SMILES string of the molecule is Cc1ccc(OCc2nc3ccccc3s2)cc1C. The van der Waals surface area contributed by atoms with Gasteiger partial charge in [0.05, 0.1) is 10.2 Å². The minimum Gasteiger partial charge on any atom is -0.486 e. The number of benzene rings is 2. The van der Waals surface area contributed by atoms with Gasteiger partial charge in [-0.2, -0.15) is 0 Å². The second-order valence-corrected chi connectivity index (χ2v) is 5.73. The third-order valence-electron chi connectivity index (χ3n) is 3.18. The van der Waals surface area contributed by atoms with Gasteiger partial charge in [0, 0.05) is 0 Å². The molecule has 19 heavy (non-hydrogen) atoms. The van der Waals surface area contributed by atoms with Crippen molar-refractivity contribution in [3.63, 3.8) is 0 Å². The van der Waals surface area contributed by atoms with Gasteiger partial charge in [0.1, 0.15) is 17.4 Å². The minimum absolute atomic E-state index is 0.530. The fraction of sp³-hybridized carbons (Fsp3) is 0.188. The van der Waals surface area contributed by atoms with Crippen molar-refractivity contribution in [2.75, 3.05) is 0 Å². The van der Waals surface area contributed by atoms with E-state index in [0.29, 0.717) is 6.61 Å². The minimum atomic E-state index is 0.530. The average Bonchev–Trinajstić information content (AvgIpc) is 2.83. The Hall–Kier alpha value is -1.87. The van der Waals surface area contributed by atoms with Gasteiger partial charge in [-0.1, -0.05) is 18.2 Å². The summed E-state index contributed by atoms with van der Waals surface area (Å²) in [5.74, 6) is 0.905. The van der Waals surface area contributed by atoms with E-state index < -0.39 is 0 Å². The second-order valence-electron chi connectivity index (χ2n) is 4.61. The van der Waals surface area contributed by atoms with Gasteiger partial charge >= 0.3 is 0 Å². The van der Waals surface area contributed by atoms with Gasteiger partial charge in [0.25, 0.3) is 0 Å². The number of hydrogen-bond acceptors (Lipinski definition) is 3. The molecule has 3 heteroatoms. The Morgan fingerprint density at radius 3 is 2.68 bits per heavy atom.